The Labute approximate surface area is 123 Å². The molecule has 6 nitrogen and oxygen atoms in total. The fraction of sp³-hybridized carbons (Fsp3) is 0.667. The first-order chi connectivity index (χ1) is 9.84. The molecule has 0 bridgehead atoms. The van der Waals surface area contributed by atoms with E-state index in [9.17, 15) is 9.59 Å². The van der Waals surface area contributed by atoms with Gasteiger partial charge in [-0.05, 0) is 46.5 Å². The zero-order valence-electron chi connectivity index (χ0n) is 12.8. The molecule has 1 saturated carbocycles. The van der Waals surface area contributed by atoms with Crippen molar-refractivity contribution in [2.75, 3.05) is 0 Å². The van der Waals surface area contributed by atoms with Gasteiger partial charge in [0.1, 0.15) is 23.4 Å². The van der Waals surface area contributed by atoms with Gasteiger partial charge in [0.25, 0.3) is 0 Å². The summed E-state index contributed by atoms with van der Waals surface area (Å²) >= 11 is 0. The van der Waals surface area contributed by atoms with Crippen LogP contribution in [-0.4, -0.2) is 33.3 Å². The highest BCUT2D eigenvalue weighted by Gasteiger charge is 2.55. The molecule has 2 fully saturated rings. The number of oxazole rings is 1. The van der Waals surface area contributed by atoms with Gasteiger partial charge in [0.15, 0.2) is 0 Å². The minimum Gasteiger partial charge on any atom is -0.444 e. The number of amides is 2. The van der Waals surface area contributed by atoms with Crippen molar-refractivity contribution in [2.24, 2.45) is 5.92 Å². The number of nitrogens with one attached hydrogen (secondary N) is 1. The second-order valence-corrected chi connectivity index (χ2v) is 6.34. The van der Waals surface area contributed by atoms with Crippen molar-refractivity contribution in [3.05, 3.63) is 17.8 Å². The van der Waals surface area contributed by atoms with Crippen molar-refractivity contribution >= 4 is 11.8 Å². The first kappa shape index (κ1) is 14.1. The molecule has 0 spiro atoms. The standard InChI is InChI=1S/C15H21N3O3/c1-8-7-16-13(21-8)10(3)18-9(2)12(19)17-15(4,14(18)20)11-5-6-11/h7,9-11H,5-6H2,1-4H3,(H,17,19). The Morgan fingerprint density at radius 2 is 2.14 bits per heavy atom. The molecule has 114 valence electrons. The van der Waals surface area contributed by atoms with Gasteiger partial charge in [-0.3, -0.25) is 9.59 Å². The van der Waals surface area contributed by atoms with Gasteiger partial charge in [-0.1, -0.05) is 0 Å². The minimum atomic E-state index is -0.792. The maximum Gasteiger partial charge on any atom is 0.249 e. The number of piperazine rings is 1. The van der Waals surface area contributed by atoms with Crippen molar-refractivity contribution in [1.82, 2.24) is 15.2 Å². The number of hydrogen-bond acceptors (Lipinski definition) is 4. The molecule has 3 atom stereocenters. The van der Waals surface area contributed by atoms with Gasteiger partial charge in [-0.25, -0.2) is 4.98 Å². The number of carbonyl (C=O) groups is 2. The molecule has 21 heavy (non-hydrogen) atoms. The van der Waals surface area contributed by atoms with Crippen LogP contribution in [0.1, 0.15) is 51.3 Å². The Kier molecular flexibility index (Phi) is 3.07. The highest BCUT2D eigenvalue weighted by Crippen LogP contribution is 2.43. The Balaban J connectivity index is 1.94. The fourth-order valence-corrected chi connectivity index (χ4v) is 3.12. The number of hydrogen-bond donors (Lipinski definition) is 1. The summed E-state index contributed by atoms with van der Waals surface area (Å²) in [5.41, 5.74) is -0.792. The van der Waals surface area contributed by atoms with E-state index in [1.165, 1.54) is 0 Å². The molecule has 1 aliphatic carbocycles. The van der Waals surface area contributed by atoms with Crippen LogP contribution >= 0.6 is 0 Å². The van der Waals surface area contributed by atoms with Crippen molar-refractivity contribution in [2.45, 2.75) is 58.2 Å². The smallest absolute Gasteiger partial charge is 0.249 e. The highest BCUT2D eigenvalue weighted by atomic mass is 16.4. The summed E-state index contributed by atoms with van der Waals surface area (Å²) in [4.78, 5) is 31.0. The van der Waals surface area contributed by atoms with Crippen LogP contribution in [0.4, 0.5) is 0 Å². The summed E-state index contributed by atoms with van der Waals surface area (Å²) in [7, 11) is 0. The fourth-order valence-electron chi connectivity index (χ4n) is 3.12. The normalized spacial score (nSPS) is 31.2. The van der Waals surface area contributed by atoms with Gasteiger partial charge in [-0.2, -0.15) is 0 Å². The summed E-state index contributed by atoms with van der Waals surface area (Å²) in [6, 6.07) is -0.878. The predicted octanol–water partition coefficient (Wildman–Crippen LogP) is 1.56. The lowest BCUT2D eigenvalue weighted by Gasteiger charge is -2.45. The molecule has 1 saturated heterocycles. The first-order valence-electron chi connectivity index (χ1n) is 7.41. The monoisotopic (exact) mass is 291 g/mol. The van der Waals surface area contributed by atoms with E-state index in [2.05, 4.69) is 10.3 Å². The number of aryl methyl sites for hydroxylation is 1. The number of nitrogens with zero attached hydrogens (tertiary/aromatic N) is 2. The molecule has 2 amide bonds. The van der Waals surface area contributed by atoms with Gasteiger partial charge in [0.05, 0.1) is 6.20 Å². The maximum atomic E-state index is 12.9. The first-order valence-corrected chi connectivity index (χ1v) is 7.41. The number of rotatable bonds is 3. The SMILES string of the molecule is Cc1cnc(C(C)N2C(=O)C(C)(C3CC3)NC(=O)C2C)o1. The van der Waals surface area contributed by atoms with Gasteiger partial charge in [0.2, 0.25) is 17.7 Å². The summed E-state index contributed by atoms with van der Waals surface area (Å²) in [6.07, 6.45) is 3.60. The molecule has 3 unspecified atom stereocenters. The molecule has 6 heteroatoms. The van der Waals surface area contributed by atoms with Crippen LogP contribution < -0.4 is 5.32 Å². The van der Waals surface area contributed by atoms with Crippen LogP contribution in [0.2, 0.25) is 0 Å². The van der Waals surface area contributed by atoms with Crippen LogP contribution in [0.15, 0.2) is 10.6 Å². The summed E-state index contributed by atoms with van der Waals surface area (Å²) in [5, 5.41) is 2.91. The quantitative estimate of drug-likeness (QED) is 0.917. The van der Waals surface area contributed by atoms with Gasteiger partial charge >= 0.3 is 0 Å². The lowest BCUT2D eigenvalue weighted by atomic mass is 9.89. The van der Waals surface area contributed by atoms with E-state index < -0.39 is 11.6 Å². The molecule has 0 radical (unpaired) electrons. The highest BCUT2D eigenvalue weighted by molar-refractivity contribution is 6.00. The summed E-state index contributed by atoms with van der Waals surface area (Å²) in [5.74, 6) is 1.26. The average molecular weight is 291 g/mol. The van der Waals surface area contributed by atoms with E-state index in [4.69, 9.17) is 4.42 Å². The molecule has 2 heterocycles. The van der Waals surface area contributed by atoms with E-state index in [-0.39, 0.29) is 23.8 Å². The summed E-state index contributed by atoms with van der Waals surface area (Å²) in [6.45, 7) is 7.24. The molecular formula is C15H21N3O3. The number of carbonyl (C=O) groups excluding carboxylic acids is 2. The van der Waals surface area contributed by atoms with E-state index in [1.54, 1.807) is 18.0 Å². The average Bonchev–Trinajstić information content (AvgIpc) is 3.20. The Bertz CT molecular complexity index is 593. The second-order valence-electron chi connectivity index (χ2n) is 6.34. The minimum absolute atomic E-state index is 0.0412. The van der Waals surface area contributed by atoms with Crippen LogP contribution in [0.3, 0.4) is 0 Å². The lowest BCUT2D eigenvalue weighted by molar-refractivity contribution is -0.157. The maximum absolute atomic E-state index is 12.9. The topological polar surface area (TPSA) is 75.4 Å². The molecule has 1 aromatic heterocycles. The van der Waals surface area contributed by atoms with E-state index >= 15 is 0 Å². The van der Waals surface area contributed by atoms with Crippen molar-refractivity contribution in [3.8, 4) is 0 Å². The molecule has 1 aromatic rings. The third kappa shape index (κ3) is 2.13. The van der Waals surface area contributed by atoms with Gasteiger partial charge in [0, 0.05) is 0 Å². The molecular weight excluding hydrogens is 270 g/mol. The zero-order chi connectivity index (χ0) is 15.4. The largest absolute Gasteiger partial charge is 0.444 e. The number of aromatic nitrogens is 1. The van der Waals surface area contributed by atoms with Crippen LogP contribution in [-0.2, 0) is 9.59 Å². The predicted molar refractivity (Wildman–Crippen MR) is 75.2 cm³/mol. The van der Waals surface area contributed by atoms with E-state index in [0.717, 1.165) is 12.8 Å². The Morgan fingerprint density at radius 1 is 1.48 bits per heavy atom. The molecule has 2 aliphatic rings. The van der Waals surface area contributed by atoms with Gasteiger partial charge in [-0.15, -0.1) is 0 Å². The molecule has 3 rings (SSSR count). The molecule has 0 aromatic carbocycles. The van der Waals surface area contributed by atoms with E-state index in [0.29, 0.717) is 11.7 Å². The van der Waals surface area contributed by atoms with Crippen LogP contribution in [0, 0.1) is 12.8 Å². The second kappa shape index (κ2) is 4.58. The third-order valence-corrected chi connectivity index (χ3v) is 4.67. The van der Waals surface area contributed by atoms with E-state index in [1.807, 2.05) is 20.8 Å². The molecule has 1 N–H and O–H groups in total. The third-order valence-electron chi connectivity index (χ3n) is 4.67. The van der Waals surface area contributed by atoms with Crippen molar-refractivity contribution < 1.29 is 14.0 Å². The lowest BCUT2D eigenvalue weighted by Crippen LogP contribution is -2.69. The molecule has 1 aliphatic heterocycles. The van der Waals surface area contributed by atoms with Crippen LogP contribution in [0.5, 0.6) is 0 Å². The van der Waals surface area contributed by atoms with Crippen molar-refractivity contribution in [1.29, 1.82) is 0 Å². The van der Waals surface area contributed by atoms with Crippen molar-refractivity contribution in [3.63, 3.8) is 0 Å². The zero-order valence-corrected chi connectivity index (χ0v) is 12.8. The van der Waals surface area contributed by atoms with Gasteiger partial charge < -0.3 is 14.6 Å². The Hall–Kier alpha value is -1.85. The Morgan fingerprint density at radius 3 is 2.67 bits per heavy atom. The summed E-state index contributed by atoms with van der Waals surface area (Å²) < 4.78 is 5.54. The van der Waals surface area contributed by atoms with Crippen LogP contribution in [0.25, 0.3) is 0 Å².